The Morgan fingerprint density at radius 3 is 2.68 bits per heavy atom. The quantitative estimate of drug-likeness (QED) is 0.613. The molecular weight excluding hydrogens is 266 g/mol. The molecule has 0 saturated carbocycles. The Balaban J connectivity index is 2.82. The molecular formula is C12H18N3O3S-. The summed E-state index contributed by atoms with van der Waals surface area (Å²) in [6, 6.07) is 5.17. The highest BCUT2D eigenvalue weighted by molar-refractivity contribution is 7.77. The lowest BCUT2D eigenvalue weighted by molar-refractivity contribution is 0.507. The zero-order chi connectivity index (χ0) is 14.4. The number of likely N-dealkylation sites (N-methyl/N-ethyl adjacent to an activating group) is 1. The van der Waals surface area contributed by atoms with Crippen molar-refractivity contribution in [3.63, 3.8) is 0 Å². The molecule has 1 aromatic rings. The number of hydrogen-bond acceptors (Lipinski definition) is 5. The maximum absolute atomic E-state index is 10.6. The highest BCUT2D eigenvalue weighted by atomic mass is 32.2. The number of hydrogen-bond donors (Lipinski definition) is 1. The van der Waals surface area contributed by atoms with Crippen molar-refractivity contribution < 1.29 is 8.76 Å². The molecule has 2 unspecified atom stereocenters. The van der Waals surface area contributed by atoms with Gasteiger partial charge in [0.05, 0.1) is 0 Å². The fourth-order valence-electron chi connectivity index (χ4n) is 1.89. The maximum Gasteiger partial charge on any atom is 0.111 e. The van der Waals surface area contributed by atoms with Crippen molar-refractivity contribution in [2.75, 3.05) is 18.0 Å². The number of nitrogens with one attached hydrogen (secondary N) is 1. The smallest absolute Gasteiger partial charge is 0.111 e. The van der Waals surface area contributed by atoms with Crippen molar-refractivity contribution in [2.24, 2.45) is 5.18 Å². The van der Waals surface area contributed by atoms with Gasteiger partial charge in [0.1, 0.15) is 5.69 Å². The maximum atomic E-state index is 10.6. The molecule has 1 N–H and O–H groups in total. The topological polar surface area (TPSA) is 84.8 Å². The average molecular weight is 284 g/mol. The van der Waals surface area contributed by atoms with Gasteiger partial charge < -0.3 is 9.45 Å². The molecule has 0 heterocycles. The van der Waals surface area contributed by atoms with Crippen molar-refractivity contribution >= 4 is 22.6 Å². The molecule has 0 aliphatic rings. The van der Waals surface area contributed by atoms with E-state index in [1.54, 1.807) is 13.0 Å². The van der Waals surface area contributed by atoms with E-state index < -0.39 is 11.3 Å². The van der Waals surface area contributed by atoms with Gasteiger partial charge in [-0.2, -0.15) is 0 Å². The first-order valence-electron chi connectivity index (χ1n) is 6.02. The first-order valence-corrected chi connectivity index (χ1v) is 7.09. The minimum absolute atomic E-state index is 0.192. The summed E-state index contributed by atoms with van der Waals surface area (Å²) in [5.41, 5.74) is 2.17. The van der Waals surface area contributed by atoms with Crippen LogP contribution in [-0.2, 0) is 11.3 Å². The second kappa shape index (κ2) is 7.32. The summed E-state index contributed by atoms with van der Waals surface area (Å²) < 4.78 is 23.6. The summed E-state index contributed by atoms with van der Waals surface area (Å²) in [5.74, 6) is 0. The molecule has 0 bridgehead atoms. The second-order valence-electron chi connectivity index (χ2n) is 4.35. The molecule has 1 aromatic carbocycles. The summed E-state index contributed by atoms with van der Waals surface area (Å²) in [6.07, 6.45) is 0. The highest BCUT2D eigenvalue weighted by Gasteiger charge is 2.10. The van der Waals surface area contributed by atoms with E-state index in [1.807, 2.05) is 30.9 Å². The molecule has 0 amide bonds. The van der Waals surface area contributed by atoms with Crippen LogP contribution >= 0.6 is 0 Å². The lowest BCUT2D eigenvalue weighted by Crippen LogP contribution is -2.40. The van der Waals surface area contributed by atoms with Crippen LogP contribution < -0.4 is 9.62 Å². The normalized spacial score (nSPS) is 13.9. The molecule has 0 aromatic heterocycles. The number of anilines is 1. The van der Waals surface area contributed by atoms with Crippen molar-refractivity contribution in [1.82, 2.24) is 4.72 Å². The summed E-state index contributed by atoms with van der Waals surface area (Å²) in [4.78, 5) is 12.6. The van der Waals surface area contributed by atoms with E-state index in [0.29, 0.717) is 12.2 Å². The molecule has 19 heavy (non-hydrogen) atoms. The van der Waals surface area contributed by atoms with Crippen LogP contribution in [-0.4, -0.2) is 27.9 Å². The monoisotopic (exact) mass is 284 g/mol. The van der Waals surface area contributed by atoms with Crippen molar-refractivity contribution in [1.29, 1.82) is 0 Å². The fraction of sp³-hybridized carbons (Fsp3) is 0.500. The van der Waals surface area contributed by atoms with Gasteiger partial charge in [0, 0.05) is 36.1 Å². The van der Waals surface area contributed by atoms with E-state index in [2.05, 4.69) is 9.90 Å². The third-order valence-corrected chi connectivity index (χ3v) is 3.41. The molecule has 0 aliphatic heterocycles. The zero-order valence-electron chi connectivity index (χ0n) is 11.3. The van der Waals surface area contributed by atoms with Gasteiger partial charge in [-0.15, -0.1) is 4.91 Å². The van der Waals surface area contributed by atoms with Crippen LogP contribution in [0, 0.1) is 11.8 Å². The molecule has 1 rings (SSSR count). The standard InChI is InChI=1S/C12H19N3O3S/c1-4-15(8-10(3)14-19(17)18)11-5-6-12(13-16)9(2)7-11/h5-7,10,14H,4,8H2,1-3H3,(H,17,18)/p-1. The molecule has 0 fully saturated rings. The minimum atomic E-state index is -2.26. The number of aryl methyl sites for hydroxylation is 1. The predicted molar refractivity (Wildman–Crippen MR) is 76.0 cm³/mol. The molecule has 0 saturated heterocycles. The van der Waals surface area contributed by atoms with E-state index in [4.69, 9.17) is 0 Å². The number of benzene rings is 1. The minimum Gasteiger partial charge on any atom is -0.760 e. The molecule has 7 heteroatoms. The van der Waals surface area contributed by atoms with Crippen LogP contribution in [0.25, 0.3) is 0 Å². The van der Waals surface area contributed by atoms with Gasteiger partial charge in [-0.1, -0.05) is 0 Å². The third kappa shape index (κ3) is 4.70. The van der Waals surface area contributed by atoms with Crippen molar-refractivity contribution in [3.8, 4) is 0 Å². The Morgan fingerprint density at radius 1 is 1.53 bits per heavy atom. The molecule has 2 atom stereocenters. The average Bonchev–Trinajstić information content (AvgIpc) is 2.35. The summed E-state index contributed by atoms with van der Waals surface area (Å²) in [6.45, 7) is 6.90. The molecule has 0 radical (unpaired) electrons. The molecule has 106 valence electrons. The van der Waals surface area contributed by atoms with Crippen LogP contribution in [0.4, 0.5) is 11.4 Å². The second-order valence-corrected chi connectivity index (χ2v) is 5.06. The third-order valence-electron chi connectivity index (χ3n) is 2.82. The lowest BCUT2D eigenvalue weighted by atomic mass is 10.1. The zero-order valence-corrected chi connectivity index (χ0v) is 12.1. The molecule has 0 aliphatic carbocycles. The Hall–Kier alpha value is -1.31. The Bertz CT molecular complexity index is 468. The van der Waals surface area contributed by atoms with Gasteiger partial charge in [-0.05, 0) is 49.7 Å². The van der Waals surface area contributed by atoms with E-state index in [0.717, 1.165) is 17.8 Å². The van der Waals surface area contributed by atoms with Gasteiger partial charge in [0.25, 0.3) is 0 Å². The van der Waals surface area contributed by atoms with E-state index in [9.17, 15) is 13.7 Å². The van der Waals surface area contributed by atoms with Crippen LogP contribution in [0.1, 0.15) is 19.4 Å². The van der Waals surface area contributed by atoms with Gasteiger partial charge in [-0.3, -0.25) is 4.21 Å². The Morgan fingerprint density at radius 2 is 2.21 bits per heavy atom. The molecule has 0 spiro atoms. The number of nitrogens with zero attached hydrogens (tertiary/aromatic N) is 2. The van der Waals surface area contributed by atoms with Crippen LogP contribution in [0.3, 0.4) is 0 Å². The van der Waals surface area contributed by atoms with Gasteiger partial charge in [-0.25, -0.2) is 4.72 Å². The lowest BCUT2D eigenvalue weighted by Gasteiger charge is -2.28. The Kier molecular flexibility index (Phi) is 6.07. The highest BCUT2D eigenvalue weighted by Crippen LogP contribution is 2.24. The summed E-state index contributed by atoms with van der Waals surface area (Å²) in [5, 5.41) is 2.93. The number of rotatable bonds is 7. The molecule has 6 nitrogen and oxygen atoms in total. The van der Waals surface area contributed by atoms with Crippen LogP contribution in [0.5, 0.6) is 0 Å². The Labute approximate surface area is 115 Å². The SMILES string of the molecule is CCN(CC(C)NS(=O)[O-])c1ccc(N=O)c(C)c1. The van der Waals surface area contributed by atoms with Crippen LogP contribution in [0.15, 0.2) is 23.4 Å². The van der Waals surface area contributed by atoms with E-state index in [-0.39, 0.29) is 6.04 Å². The number of nitroso groups, excluding NO2 is 1. The van der Waals surface area contributed by atoms with Gasteiger partial charge in [0.2, 0.25) is 0 Å². The predicted octanol–water partition coefficient (Wildman–Crippen LogP) is 1.99. The van der Waals surface area contributed by atoms with E-state index >= 15 is 0 Å². The first kappa shape index (κ1) is 15.7. The largest absolute Gasteiger partial charge is 0.760 e. The van der Waals surface area contributed by atoms with Crippen molar-refractivity contribution in [2.45, 2.75) is 26.8 Å². The summed E-state index contributed by atoms with van der Waals surface area (Å²) >= 11 is -2.26. The van der Waals surface area contributed by atoms with Gasteiger partial charge in [0.15, 0.2) is 0 Å². The fourth-order valence-corrected chi connectivity index (χ4v) is 2.29. The van der Waals surface area contributed by atoms with Crippen LogP contribution in [0.2, 0.25) is 0 Å². The van der Waals surface area contributed by atoms with Crippen molar-refractivity contribution in [3.05, 3.63) is 28.7 Å². The van der Waals surface area contributed by atoms with Gasteiger partial charge >= 0.3 is 0 Å². The summed E-state index contributed by atoms with van der Waals surface area (Å²) in [7, 11) is 0. The first-order chi connectivity index (χ1) is 8.97. The van der Waals surface area contributed by atoms with E-state index in [1.165, 1.54) is 0 Å².